The molecule has 174 valence electrons. The maximum absolute atomic E-state index is 13.3. The fourth-order valence-electron chi connectivity index (χ4n) is 4.76. The molecule has 0 spiro atoms. The Morgan fingerprint density at radius 3 is 2.44 bits per heavy atom. The summed E-state index contributed by atoms with van der Waals surface area (Å²) in [7, 11) is 1.38. The van der Waals surface area contributed by atoms with Crippen LogP contribution in [0.15, 0.2) is 35.2 Å². The monoisotopic (exact) mass is 459 g/mol. The van der Waals surface area contributed by atoms with E-state index in [1.165, 1.54) is 42.7 Å². The third-order valence-corrected chi connectivity index (χ3v) is 8.20. The van der Waals surface area contributed by atoms with Crippen LogP contribution in [0.5, 0.6) is 11.5 Å². The predicted molar refractivity (Wildman–Crippen MR) is 127 cm³/mol. The lowest BCUT2D eigenvalue weighted by Gasteiger charge is -2.37. The minimum Gasteiger partial charge on any atom is -0.497 e. The number of piperazine rings is 1. The molecule has 1 aliphatic heterocycles. The summed E-state index contributed by atoms with van der Waals surface area (Å²) in [5.74, 6) is 0.789. The molecule has 1 fully saturated rings. The van der Waals surface area contributed by atoms with Crippen molar-refractivity contribution < 1.29 is 17.9 Å². The minimum absolute atomic E-state index is 0.105. The highest BCUT2D eigenvalue weighted by atomic mass is 32.2. The highest BCUT2D eigenvalue weighted by Gasteiger charge is 2.30. The van der Waals surface area contributed by atoms with Crippen LogP contribution in [0.1, 0.15) is 23.1 Å². The van der Waals surface area contributed by atoms with E-state index in [0.29, 0.717) is 17.9 Å². The van der Waals surface area contributed by atoms with Gasteiger partial charge in [0.05, 0.1) is 14.2 Å². The van der Waals surface area contributed by atoms with Crippen molar-refractivity contribution in [2.24, 2.45) is 0 Å². The van der Waals surface area contributed by atoms with E-state index in [9.17, 15) is 8.42 Å². The van der Waals surface area contributed by atoms with Gasteiger partial charge in [-0.1, -0.05) is 6.07 Å². The summed E-state index contributed by atoms with van der Waals surface area (Å²) in [6.07, 6.45) is 2.32. The minimum atomic E-state index is -3.77. The molecule has 1 atom stereocenters. The van der Waals surface area contributed by atoms with Crippen LogP contribution < -0.4 is 19.1 Å². The average molecular weight is 460 g/mol. The lowest BCUT2D eigenvalue weighted by atomic mass is 9.84. The van der Waals surface area contributed by atoms with Crippen LogP contribution in [0.3, 0.4) is 0 Å². The first kappa shape index (κ1) is 22.9. The van der Waals surface area contributed by atoms with E-state index < -0.39 is 10.0 Å². The fraction of sp³-hybridized carbons (Fsp3) is 0.500. The van der Waals surface area contributed by atoms with Crippen LogP contribution in [0.4, 0.5) is 5.69 Å². The number of benzene rings is 2. The standard InChI is InChI=1S/C24H33N3O4S/c1-17-5-9-22(27-13-11-26(2)12-14-27)21-15-18(6-8-20(17)21)25-32(28,29)24-16-19(30-3)7-10-23(24)31-4/h5,7,9-10,16,18,25H,6,8,11-15H2,1-4H3/t18-/m1/s1. The lowest BCUT2D eigenvalue weighted by Crippen LogP contribution is -2.45. The molecule has 1 N–H and O–H groups in total. The van der Waals surface area contributed by atoms with Gasteiger partial charge in [0.2, 0.25) is 10.0 Å². The number of fused-ring (bicyclic) bond motifs is 1. The Hall–Kier alpha value is -2.29. The normalized spacial score (nSPS) is 19.5. The zero-order valence-corrected chi connectivity index (χ0v) is 20.2. The molecule has 0 aromatic heterocycles. The zero-order chi connectivity index (χ0) is 22.9. The van der Waals surface area contributed by atoms with Crippen molar-refractivity contribution in [1.82, 2.24) is 9.62 Å². The molecule has 1 aliphatic carbocycles. The summed E-state index contributed by atoms with van der Waals surface area (Å²) in [5, 5.41) is 0. The Kier molecular flexibility index (Phi) is 6.65. The van der Waals surface area contributed by atoms with Crippen LogP contribution in [0.2, 0.25) is 0 Å². The maximum atomic E-state index is 13.3. The molecule has 0 bridgehead atoms. The highest BCUT2D eigenvalue weighted by molar-refractivity contribution is 7.89. The molecule has 0 amide bonds. The van der Waals surface area contributed by atoms with Crippen LogP contribution in [0.25, 0.3) is 0 Å². The third-order valence-electron chi connectivity index (χ3n) is 6.66. The first-order valence-corrected chi connectivity index (χ1v) is 12.6. The molecule has 0 saturated carbocycles. The van der Waals surface area contributed by atoms with Gasteiger partial charge in [0.1, 0.15) is 16.4 Å². The quantitative estimate of drug-likeness (QED) is 0.716. The van der Waals surface area contributed by atoms with Gasteiger partial charge in [0.15, 0.2) is 0 Å². The van der Waals surface area contributed by atoms with Crippen molar-refractivity contribution in [2.45, 2.75) is 37.1 Å². The van der Waals surface area contributed by atoms with Gasteiger partial charge in [-0.05, 0) is 68.1 Å². The summed E-state index contributed by atoms with van der Waals surface area (Å²) in [5.41, 5.74) is 5.19. The number of aryl methyl sites for hydroxylation is 1. The molecule has 4 rings (SSSR count). The summed E-state index contributed by atoms with van der Waals surface area (Å²) >= 11 is 0. The largest absolute Gasteiger partial charge is 0.497 e. The van der Waals surface area contributed by atoms with E-state index >= 15 is 0 Å². The SMILES string of the molecule is COc1ccc(OC)c(S(=O)(=O)N[C@@H]2CCc3c(C)ccc(N4CCN(C)CC4)c3C2)c1. The topological polar surface area (TPSA) is 71.1 Å². The number of hydrogen-bond donors (Lipinski definition) is 1. The smallest absolute Gasteiger partial charge is 0.244 e. The van der Waals surface area contributed by atoms with E-state index in [-0.39, 0.29) is 10.9 Å². The number of anilines is 1. The average Bonchev–Trinajstić information content (AvgIpc) is 2.79. The molecule has 2 aliphatic rings. The Balaban J connectivity index is 1.60. The molecular weight excluding hydrogens is 426 g/mol. The third kappa shape index (κ3) is 4.58. The maximum Gasteiger partial charge on any atom is 0.244 e. The Bertz CT molecular complexity index is 1080. The second kappa shape index (κ2) is 9.29. The molecule has 1 saturated heterocycles. The van der Waals surface area contributed by atoms with E-state index in [2.05, 4.69) is 40.6 Å². The molecular formula is C24H33N3O4S. The first-order valence-electron chi connectivity index (χ1n) is 11.1. The number of nitrogens with one attached hydrogen (secondary N) is 1. The molecule has 0 unspecified atom stereocenters. The van der Waals surface area contributed by atoms with Crippen LogP contribution >= 0.6 is 0 Å². The van der Waals surface area contributed by atoms with Crippen LogP contribution in [-0.4, -0.2) is 66.8 Å². The summed E-state index contributed by atoms with van der Waals surface area (Å²) in [6.45, 7) is 6.20. The van der Waals surface area contributed by atoms with Crippen LogP contribution in [0, 0.1) is 6.92 Å². The summed E-state index contributed by atoms with van der Waals surface area (Å²) in [6, 6.07) is 9.08. The predicted octanol–water partition coefficient (Wildman–Crippen LogP) is 2.60. The van der Waals surface area contributed by atoms with Crippen molar-refractivity contribution in [2.75, 3.05) is 52.3 Å². The molecule has 0 radical (unpaired) electrons. The number of rotatable bonds is 6. The van der Waals surface area contributed by atoms with Crippen LogP contribution in [-0.2, 0) is 22.9 Å². The summed E-state index contributed by atoms with van der Waals surface area (Å²) in [4.78, 5) is 4.89. The number of ether oxygens (including phenoxy) is 2. The highest BCUT2D eigenvalue weighted by Crippen LogP contribution is 2.35. The number of hydrogen-bond acceptors (Lipinski definition) is 6. The fourth-order valence-corrected chi connectivity index (χ4v) is 6.22. The molecule has 2 aromatic rings. The van der Waals surface area contributed by atoms with E-state index in [1.807, 2.05) is 0 Å². The summed E-state index contributed by atoms with van der Waals surface area (Å²) < 4.78 is 40.1. The number of likely N-dealkylation sites (N-methyl/N-ethyl adjacent to an activating group) is 1. The first-order chi connectivity index (χ1) is 15.3. The van der Waals surface area contributed by atoms with Crippen molar-refractivity contribution >= 4 is 15.7 Å². The molecule has 2 aromatic carbocycles. The van der Waals surface area contributed by atoms with Gasteiger partial charge in [-0.3, -0.25) is 0 Å². The van der Waals surface area contributed by atoms with E-state index in [4.69, 9.17) is 9.47 Å². The zero-order valence-electron chi connectivity index (χ0n) is 19.3. The van der Waals surface area contributed by atoms with Gasteiger partial charge in [-0.15, -0.1) is 0 Å². The van der Waals surface area contributed by atoms with Crippen molar-refractivity contribution in [3.05, 3.63) is 47.0 Å². The van der Waals surface area contributed by atoms with Gasteiger partial charge in [-0.25, -0.2) is 13.1 Å². The second-order valence-corrected chi connectivity index (χ2v) is 10.4. The van der Waals surface area contributed by atoms with E-state index in [0.717, 1.165) is 39.0 Å². The van der Waals surface area contributed by atoms with Gasteiger partial charge in [-0.2, -0.15) is 0 Å². The molecule has 32 heavy (non-hydrogen) atoms. The van der Waals surface area contributed by atoms with Gasteiger partial charge in [0, 0.05) is 44.0 Å². The number of nitrogens with zero attached hydrogens (tertiary/aromatic N) is 2. The van der Waals surface area contributed by atoms with E-state index in [1.54, 1.807) is 12.1 Å². The van der Waals surface area contributed by atoms with Gasteiger partial charge >= 0.3 is 0 Å². The second-order valence-electron chi connectivity index (χ2n) is 8.73. The number of methoxy groups -OCH3 is 2. The Morgan fingerprint density at radius 2 is 1.75 bits per heavy atom. The van der Waals surface area contributed by atoms with Gasteiger partial charge in [0.25, 0.3) is 0 Å². The molecule has 8 heteroatoms. The molecule has 1 heterocycles. The van der Waals surface area contributed by atoms with Gasteiger partial charge < -0.3 is 19.3 Å². The van der Waals surface area contributed by atoms with Crippen molar-refractivity contribution in [1.29, 1.82) is 0 Å². The Labute approximate surface area is 191 Å². The number of sulfonamides is 1. The van der Waals surface area contributed by atoms with Crippen molar-refractivity contribution in [3.63, 3.8) is 0 Å². The Morgan fingerprint density at radius 1 is 1.00 bits per heavy atom. The van der Waals surface area contributed by atoms with Crippen molar-refractivity contribution in [3.8, 4) is 11.5 Å². The lowest BCUT2D eigenvalue weighted by molar-refractivity contribution is 0.312. The molecule has 7 nitrogen and oxygen atoms in total.